The molecule has 0 unspecified atom stereocenters. The topological polar surface area (TPSA) is 91.2 Å². The molecule has 3 aromatic heterocycles. The summed E-state index contributed by atoms with van der Waals surface area (Å²) in [6, 6.07) is 3.16. The van der Waals surface area contributed by atoms with Gasteiger partial charge < -0.3 is 14.0 Å². The quantitative estimate of drug-likeness (QED) is 0.669. The second-order valence-electron chi connectivity index (χ2n) is 6.19. The summed E-state index contributed by atoms with van der Waals surface area (Å²) in [5, 5.41) is 5.19. The van der Waals surface area contributed by atoms with Gasteiger partial charge in [0.1, 0.15) is 12.4 Å². The van der Waals surface area contributed by atoms with Crippen LogP contribution in [0.2, 0.25) is 0 Å². The van der Waals surface area contributed by atoms with E-state index in [1.807, 2.05) is 44.0 Å². The van der Waals surface area contributed by atoms with Gasteiger partial charge in [0.15, 0.2) is 5.13 Å². The number of carbonyl (C=O) groups excluding carboxylic acids is 1. The van der Waals surface area contributed by atoms with E-state index in [1.54, 1.807) is 18.3 Å². The van der Waals surface area contributed by atoms with E-state index in [0.717, 1.165) is 11.5 Å². The molecule has 142 valence electrons. The number of carbonyl (C=O) groups is 1. The molecule has 0 radical (unpaired) electrons. The summed E-state index contributed by atoms with van der Waals surface area (Å²) in [5.41, 5.74) is 1.23. The van der Waals surface area contributed by atoms with Gasteiger partial charge in [-0.05, 0) is 20.8 Å². The smallest absolute Gasteiger partial charge is 0.257 e. The molecule has 0 spiro atoms. The first-order valence-electron chi connectivity index (χ1n) is 8.42. The molecular formula is C18H21N5O3S. The molecule has 0 aliphatic rings. The number of nitrogens with one attached hydrogen (secondary N) is 1. The van der Waals surface area contributed by atoms with Crippen LogP contribution in [0, 0.1) is 6.92 Å². The van der Waals surface area contributed by atoms with Crippen LogP contribution in [0.5, 0.6) is 11.8 Å². The molecule has 0 atom stereocenters. The summed E-state index contributed by atoms with van der Waals surface area (Å²) in [5.74, 6) is 1.05. The van der Waals surface area contributed by atoms with Gasteiger partial charge >= 0.3 is 0 Å². The average molecular weight is 387 g/mol. The number of pyridine rings is 1. The van der Waals surface area contributed by atoms with E-state index in [-0.39, 0.29) is 24.5 Å². The first-order valence-corrected chi connectivity index (χ1v) is 9.30. The van der Waals surface area contributed by atoms with Crippen LogP contribution in [-0.4, -0.2) is 31.5 Å². The summed E-state index contributed by atoms with van der Waals surface area (Å²) in [7, 11) is 1.88. The Bertz CT molecular complexity index is 935. The fourth-order valence-corrected chi connectivity index (χ4v) is 2.93. The lowest BCUT2D eigenvalue weighted by Crippen LogP contribution is -2.14. The molecule has 0 bridgehead atoms. The summed E-state index contributed by atoms with van der Waals surface area (Å²) in [6.45, 7) is 5.88. The Kier molecular flexibility index (Phi) is 5.70. The Morgan fingerprint density at radius 2 is 2.07 bits per heavy atom. The predicted molar refractivity (Wildman–Crippen MR) is 102 cm³/mol. The van der Waals surface area contributed by atoms with Crippen molar-refractivity contribution in [3.05, 3.63) is 47.0 Å². The van der Waals surface area contributed by atoms with E-state index in [4.69, 9.17) is 9.47 Å². The molecule has 0 aliphatic heterocycles. The Morgan fingerprint density at radius 1 is 1.30 bits per heavy atom. The largest absolute Gasteiger partial charge is 0.475 e. The Hall–Kier alpha value is -2.94. The molecule has 0 aromatic carbocycles. The van der Waals surface area contributed by atoms with Crippen molar-refractivity contribution in [1.82, 2.24) is 19.5 Å². The maximum atomic E-state index is 12.6. The normalized spacial score (nSPS) is 10.9. The first-order chi connectivity index (χ1) is 12.9. The maximum Gasteiger partial charge on any atom is 0.257 e. The fourth-order valence-electron chi connectivity index (χ4n) is 2.24. The minimum atomic E-state index is -0.304. The van der Waals surface area contributed by atoms with Gasteiger partial charge in [-0.1, -0.05) is 0 Å². The van der Waals surface area contributed by atoms with Crippen molar-refractivity contribution < 1.29 is 14.3 Å². The van der Waals surface area contributed by atoms with Gasteiger partial charge in [0.2, 0.25) is 11.8 Å². The Balaban J connectivity index is 1.80. The third-order valence-corrected chi connectivity index (χ3v) is 4.38. The minimum absolute atomic E-state index is 0.0835. The number of aromatic nitrogens is 4. The van der Waals surface area contributed by atoms with Crippen LogP contribution in [0.4, 0.5) is 5.13 Å². The van der Waals surface area contributed by atoms with Gasteiger partial charge in [0.05, 0.1) is 17.4 Å². The minimum Gasteiger partial charge on any atom is -0.475 e. The zero-order chi connectivity index (χ0) is 19.4. The number of nitrogens with zero attached hydrogens (tertiary/aromatic N) is 4. The number of amides is 1. The lowest BCUT2D eigenvalue weighted by Gasteiger charge is -2.13. The zero-order valence-corrected chi connectivity index (χ0v) is 16.4. The molecule has 3 aromatic rings. The highest BCUT2D eigenvalue weighted by atomic mass is 32.1. The predicted octanol–water partition coefficient (Wildman–Crippen LogP) is 3.20. The van der Waals surface area contributed by atoms with E-state index < -0.39 is 0 Å². The summed E-state index contributed by atoms with van der Waals surface area (Å²) in [4.78, 5) is 25.4. The highest BCUT2D eigenvalue weighted by Gasteiger charge is 2.14. The number of aryl methyl sites for hydroxylation is 2. The summed E-state index contributed by atoms with van der Waals surface area (Å²) in [6.07, 6.45) is 3.44. The van der Waals surface area contributed by atoms with E-state index in [1.165, 1.54) is 11.3 Å². The molecule has 9 heteroatoms. The van der Waals surface area contributed by atoms with Gasteiger partial charge in [0, 0.05) is 37.0 Å². The first kappa shape index (κ1) is 18.8. The zero-order valence-electron chi connectivity index (χ0n) is 15.6. The van der Waals surface area contributed by atoms with Crippen molar-refractivity contribution in [2.45, 2.75) is 33.5 Å². The van der Waals surface area contributed by atoms with Crippen molar-refractivity contribution >= 4 is 22.4 Å². The highest BCUT2D eigenvalue weighted by Crippen LogP contribution is 2.22. The van der Waals surface area contributed by atoms with Crippen molar-refractivity contribution in [3.8, 4) is 11.8 Å². The molecule has 0 aliphatic carbocycles. The summed E-state index contributed by atoms with van der Waals surface area (Å²) < 4.78 is 13.2. The van der Waals surface area contributed by atoms with Gasteiger partial charge in [-0.3, -0.25) is 10.1 Å². The van der Waals surface area contributed by atoms with Crippen LogP contribution in [0.15, 0.2) is 29.9 Å². The van der Waals surface area contributed by atoms with Crippen LogP contribution < -0.4 is 14.8 Å². The van der Waals surface area contributed by atoms with Crippen LogP contribution in [-0.2, 0) is 13.7 Å². The third kappa shape index (κ3) is 5.04. The molecule has 8 nitrogen and oxygen atoms in total. The molecule has 1 N–H and O–H groups in total. The molecule has 3 rings (SSSR count). The number of imidazole rings is 1. The average Bonchev–Trinajstić information content (AvgIpc) is 3.20. The maximum absolute atomic E-state index is 12.6. The second-order valence-corrected chi connectivity index (χ2v) is 7.05. The number of ether oxygens (including phenoxy) is 2. The molecule has 0 fully saturated rings. The standard InChI is InChI=1S/C18H21N5O3S/c1-11(2)26-16-8-13(17(24)22-18-20-12(3)10-27-18)7-15(21-16)25-9-14-19-5-6-23(14)4/h5-8,10-11H,9H2,1-4H3,(H,20,22,24). The molecule has 3 heterocycles. The monoisotopic (exact) mass is 387 g/mol. The van der Waals surface area contributed by atoms with E-state index in [0.29, 0.717) is 16.6 Å². The lowest BCUT2D eigenvalue weighted by atomic mass is 10.2. The fraction of sp³-hybridized carbons (Fsp3) is 0.333. The van der Waals surface area contributed by atoms with Crippen molar-refractivity contribution in [1.29, 1.82) is 0 Å². The van der Waals surface area contributed by atoms with Crippen molar-refractivity contribution in [3.63, 3.8) is 0 Å². The highest BCUT2D eigenvalue weighted by molar-refractivity contribution is 7.13. The van der Waals surface area contributed by atoms with E-state index in [9.17, 15) is 4.79 Å². The van der Waals surface area contributed by atoms with Crippen LogP contribution in [0.25, 0.3) is 0 Å². The molecule has 0 saturated carbocycles. The molecule has 27 heavy (non-hydrogen) atoms. The molecule has 1 amide bonds. The van der Waals surface area contributed by atoms with Gasteiger partial charge in [-0.15, -0.1) is 11.3 Å². The van der Waals surface area contributed by atoms with Gasteiger partial charge in [-0.2, -0.15) is 4.98 Å². The lowest BCUT2D eigenvalue weighted by molar-refractivity contribution is 0.102. The van der Waals surface area contributed by atoms with Gasteiger partial charge in [-0.25, -0.2) is 9.97 Å². The van der Waals surface area contributed by atoms with Crippen LogP contribution in [0.1, 0.15) is 35.7 Å². The van der Waals surface area contributed by atoms with Crippen LogP contribution >= 0.6 is 11.3 Å². The number of thiazole rings is 1. The number of rotatable bonds is 7. The number of hydrogen-bond acceptors (Lipinski definition) is 7. The van der Waals surface area contributed by atoms with Crippen LogP contribution in [0.3, 0.4) is 0 Å². The molecule has 0 saturated heterocycles. The third-order valence-electron chi connectivity index (χ3n) is 3.51. The molecular weight excluding hydrogens is 366 g/mol. The van der Waals surface area contributed by atoms with Crippen molar-refractivity contribution in [2.75, 3.05) is 5.32 Å². The Morgan fingerprint density at radius 3 is 2.70 bits per heavy atom. The second kappa shape index (κ2) is 8.17. The Labute approximate surface area is 161 Å². The van der Waals surface area contributed by atoms with Gasteiger partial charge in [0.25, 0.3) is 5.91 Å². The number of hydrogen-bond donors (Lipinski definition) is 1. The van der Waals surface area contributed by atoms with E-state index >= 15 is 0 Å². The SMILES string of the molecule is Cc1csc(NC(=O)c2cc(OCc3nccn3C)nc(OC(C)C)c2)n1. The van der Waals surface area contributed by atoms with Crippen molar-refractivity contribution in [2.24, 2.45) is 7.05 Å². The van der Waals surface area contributed by atoms with E-state index in [2.05, 4.69) is 20.3 Å². The number of anilines is 1. The summed E-state index contributed by atoms with van der Waals surface area (Å²) >= 11 is 1.37.